The third kappa shape index (κ3) is 6.35. The molecule has 0 saturated carbocycles. The second-order valence-electron chi connectivity index (χ2n) is 6.72. The van der Waals surface area contributed by atoms with E-state index in [4.69, 9.17) is 4.74 Å². The minimum Gasteiger partial charge on any atom is -0.428 e. The van der Waals surface area contributed by atoms with E-state index in [9.17, 15) is 17.6 Å². The van der Waals surface area contributed by atoms with Crippen LogP contribution in [0.1, 0.15) is 24.4 Å². The van der Waals surface area contributed by atoms with Gasteiger partial charge >= 0.3 is 12.5 Å². The Balaban J connectivity index is 0.00000196. The minimum atomic E-state index is -4.50. The Morgan fingerprint density at radius 2 is 1.75 bits per heavy atom. The van der Waals surface area contributed by atoms with Crippen LogP contribution in [0, 0.1) is 5.92 Å². The molecule has 0 unspecified atom stereocenters. The van der Waals surface area contributed by atoms with Gasteiger partial charge in [-0.15, -0.1) is 24.8 Å². The highest BCUT2D eigenvalue weighted by Gasteiger charge is 2.44. The van der Waals surface area contributed by atoms with E-state index in [1.807, 2.05) is 6.07 Å². The van der Waals surface area contributed by atoms with Gasteiger partial charge in [0.2, 0.25) is 0 Å². The molecule has 1 atom stereocenters. The number of halogens is 6. The molecule has 1 aromatic rings. The van der Waals surface area contributed by atoms with Gasteiger partial charge in [-0.05, 0) is 36.5 Å². The predicted octanol–water partition coefficient (Wildman–Crippen LogP) is 4.14. The van der Waals surface area contributed by atoms with E-state index in [0.29, 0.717) is 19.1 Å². The van der Waals surface area contributed by atoms with Gasteiger partial charge in [0, 0.05) is 45.4 Å². The summed E-state index contributed by atoms with van der Waals surface area (Å²) in [7, 11) is 0. The summed E-state index contributed by atoms with van der Waals surface area (Å²) in [6.45, 7) is 4.76. The third-order valence-electron chi connectivity index (χ3n) is 4.97. The molecular formula is C18H26Cl2F4N2O2. The molecule has 0 radical (unpaired) electrons. The Morgan fingerprint density at radius 3 is 2.36 bits per heavy atom. The van der Waals surface area contributed by atoms with Gasteiger partial charge in [-0.2, -0.15) is 17.6 Å². The van der Waals surface area contributed by atoms with E-state index < -0.39 is 12.5 Å². The molecule has 2 aliphatic heterocycles. The monoisotopic (exact) mass is 448 g/mol. The lowest BCUT2D eigenvalue weighted by Gasteiger charge is -2.41. The molecule has 1 aromatic carbocycles. The zero-order valence-electron chi connectivity index (χ0n) is 15.3. The van der Waals surface area contributed by atoms with Gasteiger partial charge in [0.1, 0.15) is 5.75 Å². The van der Waals surface area contributed by atoms with Gasteiger partial charge < -0.3 is 14.8 Å². The lowest BCUT2D eigenvalue weighted by Crippen LogP contribution is -2.47. The molecule has 28 heavy (non-hydrogen) atoms. The first-order valence-corrected chi connectivity index (χ1v) is 8.95. The van der Waals surface area contributed by atoms with Crippen molar-refractivity contribution < 1.29 is 27.0 Å². The van der Waals surface area contributed by atoms with Crippen LogP contribution in [0.2, 0.25) is 0 Å². The Hall–Kier alpha value is -0.800. The largest absolute Gasteiger partial charge is 0.461 e. The lowest BCUT2D eigenvalue weighted by molar-refractivity contribution is -0.253. The van der Waals surface area contributed by atoms with Crippen LogP contribution in [0.25, 0.3) is 0 Å². The van der Waals surface area contributed by atoms with Gasteiger partial charge in [-0.1, -0.05) is 12.1 Å². The fraction of sp³-hybridized carbons (Fsp3) is 0.667. The first-order chi connectivity index (χ1) is 12.5. The van der Waals surface area contributed by atoms with Crippen LogP contribution in [0.15, 0.2) is 24.3 Å². The molecule has 2 saturated heterocycles. The molecule has 0 amide bonds. The fourth-order valence-corrected chi connectivity index (χ4v) is 3.74. The maximum absolute atomic E-state index is 13.3. The van der Waals surface area contributed by atoms with Crippen LogP contribution in [0.4, 0.5) is 17.6 Å². The number of ether oxygens (including phenoxy) is 2. The molecule has 0 aliphatic carbocycles. The van der Waals surface area contributed by atoms with E-state index >= 15 is 0 Å². The van der Waals surface area contributed by atoms with Crippen molar-refractivity contribution in [2.75, 3.05) is 39.4 Å². The third-order valence-corrected chi connectivity index (χ3v) is 4.97. The zero-order valence-corrected chi connectivity index (χ0v) is 16.9. The molecule has 1 N–H and O–H groups in total. The van der Waals surface area contributed by atoms with Crippen LogP contribution in [0.5, 0.6) is 5.75 Å². The van der Waals surface area contributed by atoms with Crippen molar-refractivity contribution in [1.29, 1.82) is 0 Å². The molecule has 0 spiro atoms. The summed E-state index contributed by atoms with van der Waals surface area (Å²) < 4.78 is 61.1. The topological polar surface area (TPSA) is 33.7 Å². The summed E-state index contributed by atoms with van der Waals surface area (Å²) in [4.78, 5) is 2.33. The van der Waals surface area contributed by atoms with Crippen LogP contribution in [0.3, 0.4) is 0 Å². The van der Waals surface area contributed by atoms with Crippen molar-refractivity contribution in [3.8, 4) is 5.75 Å². The number of benzene rings is 1. The predicted molar refractivity (Wildman–Crippen MR) is 103 cm³/mol. The van der Waals surface area contributed by atoms with E-state index in [0.717, 1.165) is 44.6 Å². The Bertz CT molecular complexity index is 568. The van der Waals surface area contributed by atoms with E-state index in [-0.39, 0.29) is 36.6 Å². The minimum absolute atomic E-state index is 0. The average Bonchev–Trinajstić information content (AvgIpc) is 2.64. The first kappa shape index (κ1) is 25.2. The first-order valence-electron chi connectivity index (χ1n) is 8.95. The number of hydrogen-bond acceptors (Lipinski definition) is 4. The second-order valence-corrected chi connectivity index (χ2v) is 6.72. The standard InChI is InChI=1S/C18H24F4N2O2.2ClH/c19-17(20)18(21,22)26-15-3-1-2-14(12-15)16(13-4-10-25-11-5-13)24-8-6-23-7-9-24;;/h1-3,12-13,16-17,23H,4-11H2;2*1H/t16-;;/m0../s1. The average molecular weight is 449 g/mol. The molecule has 2 fully saturated rings. The van der Waals surface area contributed by atoms with Crippen molar-refractivity contribution in [1.82, 2.24) is 10.2 Å². The Labute approximate surface area is 174 Å². The highest BCUT2D eigenvalue weighted by Crippen LogP contribution is 2.37. The van der Waals surface area contributed by atoms with Crippen LogP contribution >= 0.6 is 24.8 Å². The normalized spacial score (nSPS) is 20.2. The number of piperazine rings is 1. The highest BCUT2D eigenvalue weighted by molar-refractivity contribution is 5.85. The molecule has 2 heterocycles. The van der Waals surface area contributed by atoms with Gasteiger partial charge in [0.25, 0.3) is 0 Å². The van der Waals surface area contributed by atoms with Gasteiger partial charge in [0.05, 0.1) is 0 Å². The Morgan fingerprint density at radius 1 is 1.11 bits per heavy atom. The van der Waals surface area contributed by atoms with Crippen molar-refractivity contribution in [3.05, 3.63) is 29.8 Å². The van der Waals surface area contributed by atoms with Gasteiger partial charge in [-0.25, -0.2) is 0 Å². The zero-order chi connectivity index (χ0) is 18.6. The lowest BCUT2D eigenvalue weighted by atomic mass is 9.85. The maximum Gasteiger partial charge on any atom is 0.461 e. The molecular weight excluding hydrogens is 423 g/mol. The number of rotatable bonds is 6. The van der Waals surface area contributed by atoms with E-state index in [2.05, 4.69) is 15.0 Å². The highest BCUT2D eigenvalue weighted by atomic mass is 35.5. The van der Waals surface area contributed by atoms with Gasteiger partial charge in [-0.3, -0.25) is 4.90 Å². The molecule has 4 nitrogen and oxygen atoms in total. The van der Waals surface area contributed by atoms with E-state index in [1.54, 1.807) is 6.07 Å². The van der Waals surface area contributed by atoms with Crippen molar-refractivity contribution in [3.63, 3.8) is 0 Å². The van der Waals surface area contributed by atoms with Gasteiger partial charge in [0.15, 0.2) is 0 Å². The van der Waals surface area contributed by atoms with Crippen molar-refractivity contribution in [2.45, 2.75) is 31.4 Å². The summed E-state index contributed by atoms with van der Waals surface area (Å²) in [5.74, 6) is 0.0905. The number of nitrogens with one attached hydrogen (secondary N) is 1. The molecule has 162 valence electrons. The molecule has 2 aliphatic rings. The van der Waals surface area contributed by atoms with Crippen molar-refractivity contribution >= 4 is 24.8 Å². The number of nitrogens with zero attached hydrogens (tertiary/aromatic N) is 1. The molecule has 3 rings (SSSR count). The van der Waals surface area contributed by atoms with Crippen LogP contribution in [-0.2, 0) is 4.74 Å². The number of hydrogen-bond donors (Lipinski definition) is 1. The fourth-order valence-electron chi connectivity index (χ4n) is 3.74. The summed E-state index contributed by atoms with van der Waals surface area (Å²) >= 11 is 0. The molecule has 10 heteroatoms. The SMILES string of the molecule is Cl.Cl.FC(F)C(F)(F)Oc1cccc([C@H](C2CCOCC2)N2CCNCC2)c1. The summed E-state index contributed by atoms with van der Waals surface area (Å²) in [5, 5.41) is 3.31. The summed E-state index contributed by atoms with van der Waals surface area (Å²) in [6, 6.07) is 6.23. The van der Waals surface area contributed by atoms with Crippen LogP contribution < -0.4 is 10.1 Å². The van der Waals surface area contributed by atoms with Crippen LogP contribution in [-0.4, -0.2) is 56.8 Å². The maximum atomic E-state index is 13.3. The molecule has 0 aromatic heterocycles. The quantitative estimate of drug-likeness (QED) is 0.663. The smallest absolute Gasteiger partial charge is 0.428 e. The number of alkyl halides is 4. The summed E-state index contributed by atoms with van der Waals surface area (Å²) in [5.41, 5.74) is 0.821. The van der Waals surface area contributed by atoms with Crippen molar-refractivity contribution in [2.24, 2.45) is 5.92 Å². The Kier molecular flexibility index (Phi) is 10.3. The van der Waals surface area contributed by atoms with E-state index in [1.165, 1.54) is 12.1 Å². The summed E-state index contributed by atoms with van der Waals surface area (Å²) in [6.07, 6.45) is -6.60. The second kappa shape index (κ2) is 11.4. The molecule has 0 bridgehead atoms.